The normalized spacial score (nSPS) is 11.3. The lowest BCUT2D eigenvalue weighted by atomic mass is 10.3. The summed E-state index contributed by atoms with van der Waals surface area (Å²) < 4.78 is 63.7. The molecule has 0 saturated carbocycles. The van der Waals surface area contributed by atoms with Gasteiger partial charge in [0.05, 0.1) is 4.90 Å². The number of carboxylic acid groups (broad SMARTS) is 1. The fourth-order valence-electron chi connectivity index (χ4n) is 2.63. The molecule has 0 aliphatic carbocycles. The molecule has 0 unspecified atom stereocenters. The third-order valence-electron chi connectivity index (χ3n) is 4.53. The third kappa shape index (κ3) is 10.2. The Bertz CT molecular complexity index is 1310. The standard InChI is InChI=1S/C21H26N6O3S.C2HF3O2/c1-22-31(28,29)19-6-4-5-17(13-19)26-21-14-20(23-15-24-21)25-16-7-9-18(10-8-16)30-12-11-27(2)3;3-2(4,5)1(6)7/h4-10,13-15,22H,11-12H2,1-3H3,(H2,23,24,25,26);(H,6,7). The molecule has 0 aliphatic rings. The van der Waals surface area contributed by atoms with Gasteiger partial charge in [0.1, 0.15) is 30.3 Å². The fraction of sp³-hybridized carbons (Fsp3) is 0.261. The summed E-state index contributed by atoms with van der Waals surface area (Å²) in [5, 5.41) is 13.4. The quantitative estimate of drug-likeness (QED) is 0.293. The zero-order chi connectivity index (χ0) is 28.3. The van der Waals surface area contributed by atoms with Gasteiger partial charge in [-0.05, 0) is 63.6 Å². The van der Waals surface area contributed by atoms with Gasteiger partial charge in [0.25, 0.3) is 0 Å². The summed E-state index contributed by atoms with van der Waals surface area (Å²) in [7, 11) is 1.86. The van der Waals surface area contributed by atoms with Crippen LogP contribution in [0.3, 0.4) is 0 Å². The molecule has 0 saturated heterocycles. The number of nitrogens with one attached hydrogen (secondary N) is 3. The van der Waals surface area contributed by atoms with E-state index in [1.54, 1.807) is 18.2 Å². The van der Waals surface area contributed by atoms with Crippen LogP contribution in [0.25, 0.3) is 0 Å². The second-order valence-corrected chi connectivity index (χ2v) is 9.64. The second-order valence-electron chi connectivity index (χ2n) is 7.75. The molecule has 0 fully saturated rings. The molecule has 0 radical (unpaired) electrons. The van der Waals surface area contributed by atoms with E-state index in [4.69, 9.17) is 14.6 Å². The Hall–Kier alpha value is -3.95. The Kier molecular flexibility index (Phi) is 10.8. The highest BCUT2D eigenvalue weighted by Gasteiger charge is 2.38. The first kappa shape index (κ1) is 30.3. The maximum absolute atomic E-state index is 12.0. The van der Waals surface area contributed by atoms with Crippen LogP contribution in [0.4, 0.5) is 36.2 Å². The van der Waals surface area contributed by atoms with Gasteiger partial charge in [-0.15, -0.1) is 0 Å². The lowest BCUT2D eigenvalue weighted by molar-refractivity contribution is -0.192. The molecule has 15 heteroatoms. The Balaban J connectivity index is 0.000000638. The van der Waals surface area contributed by atoms with Gasteiger partial charge in [-0.3, -0.25) is 0 Å². The molecule has 0 bridgehead atoms. The van der Waals surface area contributed by atoms with Gasteiger partial charge in [0.15, 0.2) is 0 Å². The number of benzene rings is 2. The van der Waals surface area contributed by atoms with Gasteiger partial charge in [0.2, 0.25) is 10.0 Å². The van der Waals surface area contributed by atoms with Gasteiger partial charge in [-0.25, -0.2) is 27.9 Å². The minimum absolute atomic E-state index is 0.167. The van der Waals surface area contributed by atoms with Crippen LogP contribution in [0.5, 0.6) is 5.75 Å². The van der Waals surface area contributed by atoms with Crippen molar-refractivity contribution >= 4 is 39.0 Å². The molecular weight excluding hydrogens is 529 g/mol. The summed E-state index contributed by atoms with van der Waals surface area (Å²) in [6, 6.07) is 15.8. The van der Waals surface area contributed by atoms with Crippen LogP contribution in [0.1, 0.15) is 0 Å². The number of carboxylic acids is 1. The zero-order valence-corrected chi connectivity index (χ0v) is 21.5. The minimum atomic E-state index is -5.08. The molecule has 0 amide bonds. The predicted molar refractivity (Wildman–Crippen MR) is 135 cm³/mol. The molecule has 38 heavy (non-hydrogen) atoms. The molecule has 4 N–H and O–H groups in total. The van der Waals surface area contributed by atoms with E-state index in [0.29, 0.717) is 23.9 Å². The number of likely N-dealkylation sites (N-methyl/N-ethyl adjacent to an activating group) is 1. The Morgan fingerprint density at radius 3 is 2.11 bits per heavy atom. The molecule has 1 heterocycles. The van der Waals surface area contributed by atoms with Crippen molar-refractivity contribution in [2.24, 2.45) is 0 Å². The van der Waals surface area contributed by atoms with Gasteiger partial charge in [-0.1, -0.05) is 6.07 Å². The highest BCUT2D eigenvalue weighted by atomic mass is 32.2. The lowest BCUT2D eigenvalue weighted by Gasteiger charge is -2.12. The third-order valence-corrected chi connectivity index (χ3v) is 5.94. The highest BCUT2D eigenvalue weighted by Crippen LogP contribution is 2.22. The van der Waals surface area contributed by atoms with E-state index in [1.807, 2.05) is 38.4 Å². The first-order valence-electron chi connectivity index (χ1n) is 10.9. The summed E-state index contributed by atoms with van der Waals surface area (Å²) >= 11 is 0. The molecule has 206 valence electrons. The number of rotatable bonds is 10. The average molecular weight is 557 g/mol. The smallest absolute Gasteiger partial charge is 0.490 e. The maximum atomic E-state index is 12.0. The highest BCUT2D eigenvalue weighted by molar-refractivity contribution is 7.89. The van der Waals surface area contributed by atoms with Gasteiger partial charge in [-0.2, -0.15) is 13.2 Å². The van der Waals surface area contributed by atoms with Crippen molar-refractivity contribution in [1.82, 2.24) is 19.6 Å². The largest absolute Gasteiger partial charge is 0.492 e. The molecule has 0 aliphatic heterocycles. The van der Waals surface area contributed by atoms with E-state index >= 15 is 0 Å². The predicted octanol–water partition coefficient (Wildman–Crippen LogP) is 3.45. The Morgan fingerprint density at radius 1 is 1.00 bits per heavy atom. The molecule has 0 atom stereocenters. The average Bonchev–Trinajstić information content (AvgIpc) is 2.85. The van der Waals surface area contributed by atoms with Crippen LogP contribution in [-0.2, 0) is 14.8 Å². The van der Waals surface area contributed by atoms with Crippen molar-refractivity contribution in [1.29, 1.82) is 0 Å². The second kappa shape index (κ2) is 13.6. The molecule has 0 spiro atoms. The van der Waals surface area contributed by atoms with Crippen molar-refractivity contribution in [3.63, 3.8) is 0 Å². The van der Waals surface area contributed by atoms with Crippen LogP contribution >= 0.6 is 0 Å². The number of hydrogen-bond acceptors (Lipinski definition) is 9. The SMILES string of the molecule is CNS(=O)(=O)c1cccc(Nc2cc(Nc3ccc(OCCN(C)C)cc3)ncn2)c1.O=C(O)C(F)(F)F. The summed E-state index contributed by atoms with van der Waals surface area (Å²) in [4.78, 5) is 19.6. The van der Waals surface area contributed by atoms with E-state index < -0.39 is 22.2 Å². The first-order chi connectivity index (χ1) is 17.8. The molecule has 11 nitrogen and oxygen atoms in total. The number of hydrogen-bond donors (Lipinski definition) is 4. The number of sulfonamides is 1. The number of ether oxygens (including phenoxy) is 1. The number of aromatic nitrogens is 2. The van der Waals surface area contributed by atoms with Crippen LogP contribution in [-0.4, -0.2) is 74.8 Å². The van der Waals surface area contributed by atoms with Gasteiger partial charge in [0, 0.05) is 24.0 Å². The summed E-state index contributed by atoms with van der Waals surface area (Å²) in [5.41, 5.74) is 1.45. The summed E-state index contributed by atoms with van der Waals surface area (Å²) in [6.07, 6.45) is -3.66. The Labute approximate surface area is 217 Å². The summed E-state index contributed by atoms with van der Waals surface area (Å²) in [5.74, 6) is -0.834. The maximum Gasteiger partial charge on any atom is 0.490 e. The zero-order valence-electron chi connectivity index (χ0n) is 20.7. The Morgan fingerprint density at radius 2 is 1.58 bits per heavy atom. The van der Waals surface area contributed by atoms with Crippen LogP contribution < -0.4 is 20.1 Å². The van der Waals surface area contributed by atoms with E-state index in [1.165, 1.54) is 25.5 Å². The number of carbonyl (C=O) groups is 1. The minimum Gasteiger partial charge on any atom is -0.492 e. The molecule has 1 aromatic heterocycles. The number of nitrogens with zero attached hydrogens (tertiary/aromatic N) is 3. The van der Waals surface area contributed by atoms with Crippen molar-refractivity contribution < 1.29 is 36.2 Å². The van der Waals surface area contributed by atoms with Crippen molar-refractivity contribution in [3.05, 3.63) is 60.9 Å². The van der Waals surface area contributed by atoms with Crippen molar-refractivity contribution in [2.75, 3.05) is 44.9 Å². The van der Waals surface area contributed by atoms with Gasteiger partial charge < -0.3 is 25.4 Å². The molecule has 3 aromatic rings. The topological polar surface area (TPSA) is 146 Å². The number of aliphatic carboxylic acids is 1. The lowest BCUT2D eigenvalue weighted by Crippen LogP contribution is -2.21. The monoisotopic (exact) mass is 556 g/mol. The van der Waals surface area contributed by atoms with Gasteiger partial charge >= 0.3 is 12.1 Å². The van der Waals surface area contributed by atoms with Crippen LogP contribution in [0.15, 0.2) is 65.8 Å². The molecule has 2 aromatic carbocycles. The van der Waals surface area contributed by atoms with Crippen LogP contribution in [0.2, 0.25) is 0 Å². The van der Waals surface area contributed by atoms with E-state index in [9.17, 15) is 21.6 Å². The first-order valence-corrected chi connectivity index (χ1v) is 12.4. The number of halogens is 3. The number of alkyl halides is 3. The number of anilines is 4. The molecular formula is C23H27F3N6O5S. The van der Waals surface area contributed by atoms with Crippen molar-refractivity contribution in [3.8, 4) is 5.75 Å². The summed E-state index contributed by atoms with van der Waals surface area (Å²) in [6.45, 7) is 1.47. The fourth-order valence-corrected chi connectivity index (χ4v) is 3.40. The van der Waals surface area contributed by atoms with Crippen molar-refractivity contribution in [2.45, 2.75) is 11.1 Å². The van der Waals surface area contributed by atoms with E-state index in [-0.39, 0.29) is 4.90 Å². The molecule has 3 rings (SSSR count). The van der Waals surface area contributed by atoms with E-state index in [0.717, 1.165) is 18.0 Å². The van der Waals surface area contributed by atoms with E-state index in [2.05, 4.69) is 30.2 Å². The van der Waals surface area contributed by atoms with Crippen LogP contribution in [0, 0.1) is 0 Å².